The molecule has 1 heterocycles. The number of nitrogens with zero attached hydrogens (tertiary/aromatic N) is 1. The fourth-order valence-corrected chi connectivity index (χ4v) is 3.23. The van der Waals surface area contributed by atoms with Gasteiger partial charge in [-0.2, -0.15) is 0 Å². The van der Waals surface area contributed by atoms with Crippen LogP contribution in [0.3, 0.4) is 0 Å². The minimum atomic E-state index is 0.328. The Kier molecular flexibility index (Phi) is 4.91. The lowest BCUT2D eigenvalue weighted by molar-refractivity contribution is -0.140. The van der Waals surface area contributed by atoms with Gasteiger partial charge < -0.3 is 9.64 Å². The molecule has 0 bridgehead atoms. The molecule has 0 aromatic heterocycles. The molecule has 0 spiro atoms. The van der Waals surface area contributed by atoms with Crippen molar-refractivity contribution in [2.24, 2.45) is 11.8 Å². The van der Waals surface area contributed by atoms with Gasteiger partial charge >= 0.3 is 0 Å². The summed E-state index contributed by atoms with van der Waals surface area (Å²) in [6.45, 7) is 3.28. The molecule has 3 nitrogen and oxygen atoms in total. The van der Waals surface area contributed by atoms with E-state index in [-0.39, 0.29) is 0 Å². The van der Waals surface area contributed by atoms with Gasteiger partial charge in [0.25, 0.3) is 0 Å². The average molecular weight is 287 g/mol. The van der Waals surface area contributed by atoms with Crippen molar-refractivity contribution in [3.63, 3.8) is 0 Å². The number of piperidine rings is 1. The minimum absolute atomic E-state index is 0.328. The molecular weight excluding hydrogens is 262 g/mol. The maximum Gasteiger partial charge on any atom is 0.225 e. The molecule has 0 N–H and O–H groups in total. The summed E-state index contributed by atoms with van der Waals surface area (Å²) < 4.78 is 5.85. The zero-order chi connectivity index (χ0) is 14.5. The Balaban J connectivity index is 1.42. The smallest absolute Gasteiger partial charge is 0.225 e. The molecule has 1 aromatic carbocycles. The summed E-state index contributed by atoms with van der Waals surface area (Å²) in [6, 6.07) is 10.3. The molecule has 1 amide bonds. The molecule has 0 radical (unpaired) electrons. The van der Waals surface area contributed by atoms with Crippen molar-refractivity contribution in [2.75, 3.05) is 19.7 Å². The number of hydrogen-bond acceptors (Lipinski definition) is 2. The molecule has 1 saturated heterocycles. The van der Waals surface area contributed by atoms with E-state index in [1.807, 2.05) is 18.2 Å². The standard InChI is InChI=1S/C18H25NO2/c20-18(17-9-4-10-17)19-11-5-8-16(12-19)14-21-13-15-6-2-1-3-7-15/h1-3,6-7,16-17H,4-5,8-14H2. The van der Waals surface area contributed by atoms with Gasteiger partial charge in [-0.1, -0.05) is 36.8 Å². The normalized spacial score (nSPS) is 22.9. The molecule has 1 aliphatic heterocycles. The van der Waals surface area contributed by atoms with E-state index in [2.05, 4.69) is 17.0 Å². The number of ether oxygens (including phenoxy) is 1. The summed E-state index contributed by atoms with van der Waals surface area (Å²) in [4.78, 5) is 14.4. The molecule has 3 rings (SSSR count). The first-order chi connectivity index (χ1) is 10.3. The van der Waals surface area contributed by atoms with E-state index in [0.29, 0.717) is 24.3 Å². The van der Waals surface area contributed by atoms with E-state index in [1.165, 1.54) is 18.4 Å². The lowest BCUT2D eigenvalue weighted by Gasteiger charge is -2.37. The van der Waals surface area contributed by atoms with Crippen LogP contribution < -0.4 is 0 Å². The molecule has 2 aliphatic rings. The Labute approximate surface area is 127 Å². The van der Waals surface area contributed by atoms with Crippen LogP contribution in [0.2, 0.25) is 0 Å². The molecule has 21 heavy (non-hydrogen) atoms. The van der Waals surface area contributed by atoms with Gasteiger partial charge in [-0.3, -0.25) is 4.79 Å². The Hall–Kier alpha value is -1.35. The zero-order valence-electron chi connectivity index (χ0n) is 12.7. The van der Waals surface area contributed by atoms with Crippen molar-refractivity contribution in [2.45, 2.75) is 38.7 Å². The van der Waals surface area contributed by atoms with Crippen molar-refractivity contribution in [1.82, 2.24) is 4.90 Å². The molecule has 3 heteroatoms. The number of carbonyl (C=O) groups is 1. The van der Waals surface area contributed by atoms with Crippen LogP contribution in [-0.4, -0.2) is 30.5 Å². The first-order valence-electron chi connectivity index (χ1n) is 8.23. The van der Waals surface area contributed by atoms with Gasteiger partial charge in [0.15, 0.2) is 0 Å². The highest BCUT2D eigenvalue weighted by molar-refractivity contribution is 5.79. The van der Waals surface area contributed by atoms with Crippen molar-refractivity contribution in [3.8, 4) is 0 Å². The quantitative estimate of drug-likeness (QED) is 0.832. The first-order valence-corrected chi connectivity index (χ1v) is 8.23. The summed E-state index contributed by atoms with van der Waals surface area (Å²) in [5, 5.41) is 0. The Bertz CT molecular complexity index is 456. The highest BCUT2D eigenvalue weighted by Gasteiger charge is 2.32. The topological polar surface area (TPSA) is 29.5 Å². The molecule has 1 atom stereocenters. The summed E-state index contributed by atoms with van der Waals surface area (Å²) >= 11 is 0. The van der Waals surface area contributed by atoms with Crippen molar-refractivity contribution in [1.29, 1.82) is 0 Å². The van der Waals surface area contributed by atoms with Crippen LogP contribution in [0.4, 0.5) is 0 Å². The maximum absolute atomic E-state index is 12.3. The third-order valence-corrected chi connectivity index (χ3v) is 4.75. The molecule has 1 saturated carbocycles. The highest BCUT2D eigenvalue weighted by Crippen LogP contribution is 2.30. The number of hydrogen-bond donors (Lipinski definition) is 0. The number of carbonyl (C=O) groups excluding carboxylic acids is 1. The highest BCUT2D eigenvalue weighted by atomic mass is 16.5. The minimum Gasteiger partial charge on any atom is -0.376 e. The fraction of sp³-hybridized carbons (Fsp3) is 0.611. The second-order valence-corrected chi connectivity index (χ2v) is 6.42. The summed E-state index contributed by atoms with van der Waals surface area (Å²) in [7, 11) is 0. The molecule has 1 unspecified atom stereocenters. The van der Waals surface area contributed by atoms with E-state index in [1.54, 1.807) is 0 Å². The average Bonchev–Trinajstić information content (AvgIpc) is 2.47. The van der Waals surface area contributed by atoms with Crippen molar-refractivity contribution < 1.29 is 9.53 Å². The summed E-state index contributed by atoms with van der Waals surface area (Å²) in [5.74, 6) is 1.23. The number of rotatable bonds is 5. The molecular formula is C18H25NO2. The van der Waals surface area contributed by atoms with Gasteiger partial charge in [-0.25, -0.2) is 0 Å². The molecule has 1 aromatic rings. The second kappa shape index (κ2) is 7.08. The summed E-state index contributed by atoms with van der Waals surface area (Å²) in [5.41, 5.74) is 1.22. The van der Waals surface area contributed by atoms with Crippen LogP contribution in [0, 0.1) is 11.8 Å². The summed E-state index contributed by atoms with van der Waals surface area (Å²) in [6.07, 6.45) is 5.74. The SMILES string of the molecule is O=C(C1CCC1)N1CCCC(COCc2ccccc2)C1. The van der Waals surface area contributed by atoms with Gasteiger partial charge in [0.2, 0.25) is 5.91 Å². The van der Waals surface area contributed by atoms with E-state index in [4.69, 9.17) is 4.74 Å². The number of amides is 1. The molecule has 1 aliphatic carbocycles. The van der Waals surface area contributed by atoms with E-state index in [0.717, 1.165) is 39.0 Å². The largest absolute Gasteiger partial charge is 0.376 e. The van der Waals surface area contributed by atoms with Gasteiger partial charge in [0, 0.05) is 19.0 Å². The lowest BCUT2D eigenvalue weighted by atomic mass is 9.83. The number of likely N-dealkylation sites (tertiary alicyclic amines) is 1. The van der Waals surface area contributed by atoms with Crippen LogP contribution in [-0.2, 0) is 16.1 Å². The first kappa shape index (κ1) is 14.6. The Morgan fingerprint density at radius 3 is 2.67 bits per heavy atom. The van der Waals surface area contributed by atoms with Crippen LogP contribution in [0.15, 0.2) is 30.3 Å². The fourth-order valence-electron chi connectivity index (χ4n) is 3.23. The lowest BCUT2D eigenvalue weighted by Crippen LogP contribution is -2.45. The van der Waals surface area contributed by atoms with Gasteiger partial charge in [-0.05, 0) is 37.2 Å². The maximum atomic E-state index is 12.3. The zero-order valence-corrected chi connectivity index (χ0v) is 12.7. The van der Waals surface area contributed by atoms with Gasteiger partial charge in [0.05, 0.1) is 13.2 Å². The monoisotopic (exact) mass is 287 g/mol. The van der Waals surface area contributed by atoms with E-state index in [9.17, 15) is 4.79 Å². The van der Waals surface area contributed by atoms with Crippen molar-refractivity contribution >= 4 is 5.91 Å². The van der Waals surface area contributed by atoms with E-state index >= 15 is 0 Å². The van der Waals surface area contributed by atoms with Crippen LogP contribution in [0.5, 0.6) is 0 Å². The third-order valence-electron chi connectivity index (χ3n) is 4.75. The second-order valence-electron chi connectivity index (χ2n) is 6.42. The molecule has 114 valence electrons. The van der Waals surface area contributed by atoms with Crippen molar-refractivity contribution in [3.05, 3.63) is 35.9 Å². The predicted molar refractivity (Wildman–Crippen MR) is 82.7 cm³/mol. The van der Waals surface area contributed by atoms with Gasteiger partial charge in [-0.15, -0.1) is 0 Å². The molecule has 2 fully saturated rings. The number of benzene rings is 1. The Morgan fingerprint density at radius 2 is 1.95 bits per heavy atom. The predicted octanol–water partition coefficient (Wildman–Crippen LogP) is 3.24. The van der Waals surface area contributed by atoms with Gasteiger partial charge in [0.1, 0.15) is 0 Å². The van der Waals surface area contributed by atoms with Crippen LogP contribution in [0.1, 0.15) is 37.7 Å². The Morgan fingerprint density at radius 1 is 1.14 bits per heavy atom. The third kappa shape index (κ3) is 3.85. The van der Waals surface area contributed by atoms with E-state index < -0.39 is 0 Å². The van der Waals surface area contributed by atoms with Crippen LogP contribution in [0.25, 0.3) is 0 Å². The van der Waals surface area contributed by atoms with Crippen LogP contribution >= 0.6 is 0 Å².